The van der Waals surface area contributed by atoms with Crippen LogP contribution in [0, 0.1) is 34.5 Å². The van der Waals surface area contributed by atoms with E-state index in [0.717, 1.165) is 25.7 Å². The summed E-state index contributed by atoms with van der Waals surface area (Å²) in [6.07, 6.45) is 3.76. The molecule has 4 aliphatic carbocycles. The number of hydrogen-bond donors (Lipinski definition) is 2. The largest absolute Gasteiger partial charge is 0.393 e. The fourth-order valence-electron chi connectivity index (χ4n) is 8.16. The van der Waals surface area contributed by atoms with Gasteiger partial charge in [-0.05, 0) is 61.7 Å². The van der Waals surface area contributed by atoms with Crippen LogP contribution in [0.2, 0.25) is 0 Å². The molecule has 1 saturated heterocycles. The molecule has 0 aromatic rings. The van der Waals surface area contributed by atoms with E-state index in [1.165, 1.54) is 0 Å². The van der Waals surface area contributed by atoms with Crippen LogP contribution in [-0.2, 0) is 9.47 Å². The Balaban J connectivity index is 1.51. The summed E-state index contributed by atoms with van der Waals surface area (Å²) >= 11 is 0. The highest BCUT2D eigenvalue weighted by Crippen LogP contribution is 2.69. The summed E-state index contributed by atoms with van der Waals surface area (Å²) in [6.45, 7) is 5.59. The van der Waals surface area contributed by atoms with E-state index in [1.807, 2.05) is 0 Å². The third-order valence-electron chi connectivity index (χ3n) is 9.38. The zero-order chi connectivity index (χ0) is 18.3. The molecule has 5 aliphatic rings. The van der Waals surface area contributed by atoms with Gasteiger partial charge in [0.05, 0.1) is 25.4 Å². The number of rotatable bonds is 0. The lowest BCUT2D eigenvalue weighted by Crippen LogP contribution is -2.60. The third-order valence-corrected chi connectivity index (χ3v) is 9.38. The van der Waals surface area contributed by atoms with Crippen molar-refractivity contribution in [1.29, 1.82) is 0 Å². The summed E-state index contributed by atoms with van der Waals surface area (Å²) in [7, 11) is 0. The highest BCUT2D eigenvalue weighted by atomic mass is 19.1. The minimum Gasteiger partial charge on any atom is -0.393 e. The van der Waals surface area contributed by atoms with Gasteiger partial charge in [-0.1, -0.05) is 13.8 Å². The Morgan fingerprint density at radius 1 is 0.962 bits per heavy atom. The van der Waals surface area contributed by atoms with E-state index in [9.17, 15) is 10.2 Å². The van der Waals surface area contributed by atoms with Gasteiger partial charge in [0.1, 0.15) is 6.17 Å². The van der Waals surface area contributed by atoms with E-state index >= 15 is 4.39 Å². The van der Waals surface area contributed by atoms with E-state index in [4.69, 9.17) is 9.47 Å². The molecular formula is C21H33FO4. The van der Waals surface area contributed by atoms with Gasteiger partial charge >= 0.3 is 0 Å². The number of alkyl halides is 1. The average molecular weight is 368 g/mol. The van der Waals surface area contributed by atoms with E-state index in [2.05, 4.69) is 13.8 Å². The maximum absolute atomic E-state index is 15.4. The zero-order valence-electron chi connectivity index (χ0n) is 16.0. The van der Waals surface area contributed by atoms with Gasteiger partial charge in [0.25, 0.3) is 0 Å². The Morgan fingerprint density at radius 3 is 2.42 bits per heavy atom. The van der Waals surface area contributed by atoms with Gasteiger partial charge < -0.3 is 19.7 Å². The Bertz CT molecular complexity index is 578. The maximum Gasteiger partial charge on any atom is 0.176 e. The standard InChI is InChI=1S/C21H33FO4/c1-19-5-3-12(23)9-15(19)17(24)10-13-14(19)4-6-20(2)18(13)16(22)11-21(20)25-7-8-26-21/h12-18,23-24H,3-11H2,1-2H3/t12-,13?,14?,15?,16?,17-,18?,19+,20-/m0/s1. The molecule has 5 fully saturated rings. The second-order valence-corrected chi connectivity index (χ2v) is 10.3. The lowest BCUT2D eigenvalue weighted by molar-refractivity contribution is -0.253. The van der Waals surface area contributed by atoms with Gasteiger partial charge in [0.15, 0.2) is 5.79 Å². The van der Waals surface area contributed by atoms with Crippen molar-refractivity contribution in [2.75, 3.05) is 13.2 Å². The van der Waals surface area contributed by atoms with Crippen molar-refractivity contribution in [2.45, 2.75) is 83.0 Å². The first-order valence-corrected chi connectivity index (χ1v) is 10.6. The Kier molecular flexibility index (Phi) is 3.88. The van der Waals surface area contributed by atoms with Crippen molar-refractivity contribution in [3.05, 3.63) is 0 Å². The molecule has 1 spiro atoms. The molecule has 0 amide bonds. The lowest BCUT2D eigenvalue weighted by Gasteiger charge is -2.62. The molecule has 0 bridgehead atoms. The number of halogens is 1. The van der Waals surface area contributed by atoms with Gasteiger partial charge in [-0.15, -0.1) is 0 Å². The number of fused-ring (bicyclic) bond motifs is 6. The van der Waals surface area contributed by atoms with E-state index in [1.54, 1.807) is 0 Å². The topological polar surface area (TPSA) is 58.9 Å². The SMILES string of the molecule is C[C@]12CC[C@H](O)CC1[C@@H](O)CC1C2CC[C@@]2(C)C1C(F)CC21OCCO1. The first-order valence-electron chi connectivity index (χ1n) is 10.6. The van der Waals surface area contributed by atoms with E-state index < -0.39 is 18.1 Å². The Morgan fingerprint density at radius 2 is 1.69 bits per heavy atom. The van der Waals surface area contributed by atoms with Crippen LogP contribution in [0.3, 0.4) is 0 Å². The minimum absolute atomic E-state index is 0.00968. The van der Waals surface area contributed by atoms with Crippen LogP contribution in [0.15, 0.2) is 0 Å². The maximum atomic E-state index is 15.4. The van der Waals surface area contributed by atoms with Gasteiger partial charge in [-0.3, -0.25) is 0 Å². The van der Waals surface area contributed by atoms with Crippen molar-refractivity contribution in [1.82, 2.24) is 0 Å². The zero-order valence-corrected chi connectivity index (χ0v) is 16.0. The van der Waals surface area contributed by atoms with Gasteiger partial charge in [-0.2, -0.15) is 0 Å². The summed E-state index contributed by atoms with van der Waals surface area (Å²) in [4.78, 5) is 0. The van der Waals surface area contributed by atoms with Crippen molar-refractivity contribution in [2.24, 2.45) is 34.5 Å². The molecule has 1 aliphatic heterocycles. The summed E-state index contributed by atoms with van der Waals surface area (Å²) in [5.74, 6) is -0.102. The van der Waals surface area contributed by atoms with Crippen LogP contribution >= 0.6 is 0 Å². The molecule has 9 atom stereocenters. The van der Waals surface area contributed by atoms with Crippen molar-refractivity contribution < 1.29 is 24.1 Å². The lowest BCUT2D eigenvalue weighted by atomic mass is 9.44. The van der Waals surface area contributed by atoms with Gasteiger partial charge in [0, 0.05) is 17.8 Å². The molecule has 5 unspecified atom stereocenters. The number of aliphatic hydroxyl groups excluding tert-OH is 2. The second-order valence-electron chi connectivity index (χ2n) is 10.3. The molecule has 0 radical (unpaired) electrons. The molecule has 1 heterocycles. The first kappa shape index (κ1) is 17.8. The number of ether oxygens (including phenoxy) is 2. The van der Waals surface area contributed by atoms with Crippen molar-refractivity contribution in [3.8, 4) is 0 Å². The number of aliphatic hydroxyl groups is 2. The molecular weight excluding hydrogens is 335 g/mol. The Hall–Kier alpha value is -0.230. The predicted octanol–water partition coefficient (Wildman–Crippen LogP) is 3.05. The quantitative estimate of drug-likeness (QED) is 0.690. The molecule has 4 nitrogen and oxygen atoms in total. The van der Waals surface area contributed by atoms with Crippen molar-refractivity contribution in [3.63, 3.8) is 0 Å². The summed E-state index contributed by atoms with van der Waals surface area (Å²) < 4.78 is 27.5. The van der Waals surface area contributed by atoms with Crippen LogP contribution in [0.25, 0.3) is 0 Å². The predicted molar refractivity (Wildman–Crippen MR) is 94.0 cm³/mol. The molecule has 5 heteroatoms. The molecule has 0 aromatic heterocycles. The summed E-state index contributed by atoms with van der Waals surface area (Å²) in [5, 5.41) is 21.1. The average Bonchev–Trinajstić information content (AvgIpc) is 3.14. The molecule has 148 valence electrons. The van der Waals surface area contributed by atoms with Gasteiger partial charge in [-0.25, -0.2) is 4.39 Å². The van der Waals surface area contributed by atoms with E-state index in [-0.39, 0.29) is 34.7 Å². The molecule has 2 N–H and O–H groups in total. The normalized spacial score (nSPS) is 58.3. The highest BCUT2D eigenvalue weighted by molar-refractivity contribution is 5.16. The first-order chi connectivity index (χ1) is 12.3. The summed E-state index contributed by atoms with van der Waals surface area (Å²) in [5.41, 5.74) is -0.295. The molecule has 0 aromatic carbocycles. The molecule has 4 saturated carbocycles. The van der Waals surface area contributed by atoms with Crippen LogP contribution in [0.5, 0.6) is 0 Å². The Labute approximate surface area is 155 Å². The van der Waals surface area contributed by atoms with Crippen LogP contribution < -0.4 is 0 Å². The molecule has 26 heavy (non-hydrogen) atoms. The van der Waals surface area contributed by atoms with Crippen molar-refractivity contribution >= 4 is 0 Å². The van der Waals surface area contributed by atoms with Crippen LogP contribution in [-0.4, -0.2) is 47.6 Å². The van der Waals surface area contributed by atoms with E-state index in [0.29, 0.717) is 38.4 Å². The fraction of sp³-hybridized carbons (Fsp3) is 1.00. The monoisotopic (exact) mass is 368 g/mol. The number of hydrogen-bond acceptors (Lipinski definition) is 4. The second kappa shape index (κ2) is 5.65. The van der Waals surface area contributed by atoms with Crippen LogP contribution in [0.4, 0.5) is 4.39 Å². The van der Waals surface area contributed by atoms with Crippen LogP contribution in [0.1, 0.15) is 58.8 Å². The summed E-state index contributed by atoms with van der Waals surface area (Å²) in [6, 6.07) is 0. The highest BCUT2D eigenvalue weighted by Gasteiger charge is 2.71. The van der Waals surface area contributed by atoms with Gasteiger partial charge in [0.2, 0.25) is 0 Å². The third kappa shape index (κ3) is 2.09. The minimum atomic E-state index is -0.924. The molecule has 5 rings (SSSR count). The fourth-order valence-corrected chi connectivity index (χ4v) is 8.16. The smallest absolute Gasteiger partial charge is 0.176 e.